The number of rotatable bonds is 10. The number of halogens is 3. The summed E-state index contributed by atoms with van der Waals surface area (Å²) in [6.07, 6.45) is -3.52. The van der Waals surface area contributed by atoms with Crippen LogP contribution in [0.3, 0.4) is 0 Å². The van der Waals surface area contributed by atoms with Gasteiger partial charge in [0.25, 0.3) is 5.91 Å². The van der Waals surface area contributed by atoms with Gasteiger partial charge in [0.2, 0.25) is 6.41 Å². The molecule has 3 aromatic rings. The number of hydrogen-bond acceptors (Lipinski definition) is 4. The van der Waals surface area contributed by atoms with Gasteiger partial charge < -0.3 is 21.3 Å². The Morgan fingerprint density at radius 3 is 2.14 bits per heavy atom. The molecular weight excluding hydrogens is 457 g/mol. The van der Waals surface area contributed by atoms with E-state index in [2.05, 4.69) is 27.8 Å². The highest BCUT2D eigenvalue weighted by Gasteiger charge is 2.31. The second-order valence-corrected chi connectivity index (χ2v) is 7.43. The summed E-state index contributed by atoms with van der Waals surface area (Å²) in [5.41, 5.74) is 1.42. The molecule has 0 unspecified atom stereocenters. The lowest BCUT2D eigenvalue weighted by atomic mass is 10.1. The summed E-state index contributed by atoms with van der Waals surface area (Å²) in [6, 6.07) is 22.7. The van der Waals surface area contributed by atoms with E-state index >= 15 is 0 Å². The van der Waals surface area contributed by atoms with Crippen molar-refractivity contribution in [3.8, 4) is 0 Å². The molecule has 0 aromatic heterocycles. The molecule has 6 nitrogen and oxygen atoms in total. The molecule has 3 rings (SSSR count). The van der Waals surface area contributed by atoms with Crippen LogP contribution in [-0.2, 0) is 16.1 Å². The molecule has 9 heteroatoms. The Balaban J connectivity index is 1.82. The van der Waals surface area contributed by atoms with Gasteiger partial charge in [-0.1, -0.05) is 43.0 Å². The van der Waals surface area contributed by atoms with Gasteiger partial charge in [0.1, 0.15) is 5.70 Å². The van der Waals surface area contributed by atoms with Crippen LogP contribution in [0.1, 0.15) is 5.56 Å². The topological polar surface area (TPSA) is 82.3 Å². The van der Waals surface area contributed by atoms with Gasteiger partial charge in [-0.15, -0.1) is 0 Å². The molecule has 0 aliphatic rings. The molecule has 0 saturated heterocycles. The maximum absolute atomic E-state index is 13.1. The summed E-state index contributed by atoms with van der Waals surface area (Å²) in [5, 5.41) is 11.0. The molecule has 0 fully saturated rings. The van der Waals surface area contributed by atoms with Gasteiger partial charge >= 0.3 is 6.18 Å². The van der Waals surface area contributed by atoms with Crippen molar-refractivity contribution in [1.82, 2.24) is 5.32 Å². The third-order valence-corrected chi connectivity index (χ3v) is 4.71. The zero-order chi connectivity index (χ0) is 25.3. The largest absolute Gasteiger partial charge is 0.415 e. The van der Waals surface area contributed by atoms with Crippen LogP contribution < -0.4 is 21.3 Å². The van der Waals surface area contributed by atoms with Gasteiger partial charge in [-0.05, 0) is 54.1 Å². The summed E-state index contributed by atoms with van der Waals surface area (Å²) < 4.78 is 39.4. The normalized spacial score (nSPS) is 11.3. The first-order valence-electron chi connectivity index (χ1n) is 10.5. The highest BCUT2D eigenvalue weighted by molar-refractivity contribution is 6.06. The molecule has 0 bridgehead atoms. The van der Waals surface area contributed by atoms with E-state index in [0.717, 1.165) is 5.69 Å². The van der Waals surface area contributed by atoms with Crippen LogP contribution in [0, 0.1) is 0 Å². The molecule has 0 aliphatic heterocycles. The number of hydrogen-bond donors (Lipinski definition) is 4. The fourth-order valence-electron chi connectivity index (χ4n) is 3.05. The Labute approximate surface area is 200 Å². The number of amides is 2. The van der Waals surface area contributed by atoms with Crippen LogP contribution in [-0.4, -0.2) is 18.5 Å². The van der Waals surface area contributed by atoms with E-state index in [1.807, 2.05) is 30.3 Å². The average Bonchev–Trinajstić information content (AvgIpc) is 2.83. The van der Waals surface area contributed by atoms with Crippen molar-refractivity contribution >= 4 is 35.1 Å². The first-order valence-corrected chi connectivity index (χ1v) is 10.5. The summed E-state index contributed by atoms with van der Waals surface area (Å²) in [7, 11) is 0. The maximum atomic E-state index is 13.1. The number of carbonyl (C=O) groups is 2. The molecule has 0 heterocycles. The minimum absolute atomic E-state index is 0.223. The van der Waals surface area contributed by atoms with E-state index in [-0.39, 0.29) is 12.2 Å². The van der Waals surface area contributed by atoms with Crippen LogP contribution in [0.25, 0.3) is 0 Å². The van der Waals surface area contributed by atoms with Crippen LogP contribution in [0.5, 0.6) is 0 Å². The zero-order valence-electron chi connectivity index (χ0n) is 18.5. The van der Waals surface area contributed by atoms with Gasteiger partial charge in [0, 0.05) is 29.3 Å². The monoisotopic (exact) mass is 480 g/mol. The molecule has 2 amide bonds. The first kappa shape index (κ1) is 25.1. The fourth-order valence-corrected chi connectivity index (χ4v) is 3.05. The highest BCUT2D eigenvalue weighted by atomic mass is 19.4. The Bertz CT molecular complexity index is 1220. The molecular formula is C26H23F3N4O2. The van der Waals surface area contributed by atoms with E-state index < -0.39 is 17.7 Å². The third kappa shape index (κ3) is 7.78. The highest BCUT2D eigenvalue weighted by Crippen LogP contribution is 2.27. The predicted molar refractivity (Wildman–Crippen MR) is 131 cm³/mol. The number of carbonyl (C=O) groups excluding carboxylic acids is 2. The standard InChI is InChI=1S/C26H23F3N4O2/c1-18(26(27,28)29)13-24(32-21-10-5-7-19(14-21)16-30-17-34)25(35)33-23-12-6-11-22(15-23)31-20-8-3-2-4-9-20/h2-15,17,31-32H,1,16H2,(H,30,34)(H,33,35)/b24-13-. The molecule has 35 heavy (non-hydrogen) atoms. The summed E-state index contributed by atoms with van der Waals surface area (Å²) in [6.45, 7) is 3.26. The van der Waals surface area contributed by atoms with Crippen LogP contribution in [0.4, 0.5) is 35.9 Å². The second-order valence-electron chi connectivity index (χ2n) is 7.43. The van der Waals surface area contributed by atoms with Crippen molar-refractivity contribution in [3.05, 3.63) is 108 Å². The Morgan fingerprint density at radius 1 is 0.829 bits per heavy atom. The Kier molecular flexibility index (Phi) is 8.29. The smallest absolute Gasteiger partial charge is 0.355 e. The minimum atomic E-state index is -4.71. The lowest BCUT2D eigenvalue weighted by Crippen LogP contribution is -2.21. The SMILES string of the molecule is C=C(/C=C(\Nc1cccc(CNC=O)c1)C(=O)Nc1cccc(Nc2ccccc2)c1)C(F)(F)F. The van der Waals surface area contributed by atoms with Crippen LogP contribution >= 0.6 is 0 Å². The number of alkyl halides is 3. The molecule has 0 saturated carbocycles. The predicted octanol–water partition coefficient (Wildman–Crippen LogP) is 5.73. The third-order valence-electron chi connectivity index (χ3n) is 4.71. The number of anilines is 4. The summed E-state index contributed by atoms with van der Waals surface area (Å²) in [5.74, 6) is -0.788. The molecule has 3 aromatic carbocycles. The molecule has 180 valence electrons. The Morgan fingerprint density at radius 2 is 1.46 bits per heavy atom. The van der Waals surface area contributed by atoms with Gasteiger partial charge in [0.05, 0.1) is 5.57 Å². The molecule has 4 N–H and O–H groups in total. The zero-order valence-corrected chi connectivity index (χ0v) is 18.5. The Hall–Kier alpha value is -4.53. The molecule has 0 atom stereocenters. The van der Waals surface area contributed by atoms with Crippen molar-refractivity contribution in [2.45, 2.75) is 12.7 Å². The van der Waals surface area contributed by atoms with E-state index in [4.69, 9.17) is 0 Å². The quantitative estimate of drug-likeness (QED) is 0.170. The van der Waals surface area contributed by atoms with E-state index in [0.29, 0.717) is 35.1 Å². The number of allylic oxidation sites excluding steroid dienone is 2. The number of nitrogens with one attached hydrogen (secondary N) is 4. The van der Waals surface area contributed by atoms with Crippen molar-refractivity contribution in [2.75, 3.05) is 16.0 Å². The fraction of sp³-hybridized carbons (Fsp3) is 0.0769. The van der Waals surface area contributed by atoms with Crippen molar-refractivity contribution in [3.63, 3.8) is 0 Å². The van der Waals surface area contributed by atoms with E-state index in [1.165, 1.54) is 0 Å². The molecule has 0 aliphatic carbocycles. The van der Waals surface area contributed by atoms with Crippen molar-refractivity contribution in [2.24, 2.45) is 0 Å². The summed E-state index contributed by atoms with van der Waals surface area (Å²) in [4.78, 5) is 23.5. The van der Waals surface area contributed by atoms with Gasteiger partial charge in [-0.2, -0.15) is 13.2 Å². The summed E-state index contributed by atoms with van der Waals surface area (Å²) >= 11 is 0. The maximum Gasteiger partial charge on any atom is 0.415 e. The van der Waals surface area contributed by atoms with Crippen LogP contribution in [0.2, 0.25) is 0 Å². The second kappa shape index (κ2) is 11.6. The van der Waals surface area contributed by atoms with Gasteiger partial charge in [-0.3, -0.25) is 9.59 Å². The lowest BCUT2D eigenvalue weighted by molar-refractivity contribution is -0.112. The van der Waals surface area contributed by atoms with Gasteiger partial charge in [0.15, 0.2) is 0 Å². The van der Waals surface area contributed by atoms with Crippen molar-refractivity contribution in [1.29, 1.82) is 0 Å². The lowest BCUT2D eigenvalue weighted by Gasteiger charge is -2.15. The van der Waals surface area contributed by atoms with Crippen LogP contribution in [0.15, 0.2) is 103 Å². The van der Waals surface area contributed by atoms with E-state index in [9.17, 15) is 22.8 Å². The van der Waals surface area contributed by atoms with Crippen molar-refractivity contribution < 1.29 is 22.8 Å². The van der Waals surface area contributed by atoms with Gasteiger partial charge in [-0.25, -0.2) is 0 Å². The minimum Gasteiger partial charge on any atom is -0.355 e. The first-order chi connectivity index (χ1) is 16.7. The average molecular weight is 480 g/mol. The number of benzene rings is 3. The molecule has 0 spiro atoms. The van der Waals surface area contributed by atoms with E-state index in [1.54, 1.807) is 48.5 Å². The number of para-hydroxylation sites is 1. The molecule has 0 radical (unpaired) electrons.